The molecule has 12 heavy (non-hydrogen) atoms. The number of hydrogen-bond acceptors (Lipinski definition) is 1. The van der Waals surface area contributed by atoms with Gasteiger partial charge in [-0.3, -0.25) is 0 Å². The summed E-state index contributed by atoms with van der Waals surface area (Å²) in [4.78, 5) is 0.0364. The Morgan fingerprint density at radius 3 is 3.00 bits per heavy atom. The third-order valence-corrected chi connectivity index (χ3v) is 3.01. The molecule has 0 saturated heterocycles. The Balaban J connectivity index is 2.47. The van der Waals surface area contributed by atoms with Crippen molar-refractivity contribution in [3.8, 4) is 0 Å². The van der Waals surface area contributed by atoms with Gasteiger partial charge in [-0.1, -0.05) is 22.0 Å². The summed E-state index contributed by atoms with van der Waals surface area (Å²) in [5.41, 5.74) is 1.75. The highest BCUT2D eigenvalue weighted by Crippen LogP contribution is 2.35. The van der Waals surface area contributed by atoms with Crippen LogP contribution in [0.1, 0.15) is 17.2 Å². The quantitative estimate of drug-likeness (QED) is 0.678. The molecular formula is C9H8BrFO. The van der Waals surface area contributed by atoms with Gasteiger partial charge in [0, 0.05) is 4.83 Å². The van der Waals surface area contributed by atoms with E-state index in [4.69, 9.17) is 0 Å². The molecule has 2 rings (SSSR count). The Kier molecular flexibility index (Phi) is 1.93. The van der Waals surface area contributed by atoms with Crippen molar-refractivity contribution in [2.24, 2.45) is 0 Å². The number of hydrogen-bond donors (Lipinski definition) is 1. The predicted octanol–water partition coefficient (Wildman–Crippen LogP) is 2.18. The largest absolute Gasteiger partial charge is 0.387 e. The standard InChI is InChI=1S/C9H8BrFO/c10-8-4-5-3-6(11)1-2-7(5)9(8)12/h1-3,8-9,12H,4H2/t8-,9+/m1/s1. The summed E-state index contributed by atoms with van der Waals surface area (Å²) >= 11 is 3.34. The van der Waals surface area contributed by atoms with Crippen LogP contribution in [0.3, 0.4) is 0 Å². The fraction of sp³-hybridized carbons (Fsp3) is 0.333. The van der Waals surface area contributed by atoms with E-state index in [0.29, 0.717) is 6.42 Å². The lowest BCUT2D eigenvalue weighted by molar-refractivity contribution is 0.187. The lowest BCUT2D eigenvalue weighted by Crippen LogP contribution is -2.03. The average Bonchev–Trinajstić information content (AvgIpc) is 2.28. The SMILES string of the molecule is O[C@H]1c2ccc(F)cc2C[C@H]1Br. The van der Waals surface area contributed by atoms with Gasteiger partial charge < -0.3 is 5.11 Å². The molecule has 64 valence electrons. The van der Waals surface area contributed by atoms with Crippen LogP contribution in [-0.2, 0) is 6.42 Å². The van der Waals surface area contributed by atoms with E-state index in [0.717, 1.165) is 11.1 Å². The van der Waals surface area contributed by atoms with Gasteiger partial charge in [-0.05, 0) is 29.7 Å². The van der Waals surface area contributed by atoms with Crippen LogP contribution in [0, 0.1) is 5.82 Å². The molecule has 0 fully saturated rings. The first-order valence-electron chi connectivity index (χ1n) is 3.79. The Morgan fingerprint density at radius 1 is 1.50 bits per heavy atom. The number of benzene rings is 1. The van der Waals surface area contributed by atoms with E-state index in [-0.39, 0.29) is 10.6 Å². The van der Waals surface area contributed by atoms with E-state index in [2.05, 4.69) is 15.9 Å². The molecule has 0 unspecified atom stereocenters. The van der Waals surface area contributed by atoms with Crippen LogP contribution >= 0.6 is 15.9 Å². The van der Waals surface area contributed by atoms with Gasteiger partial charge in [0.2, 0.25) is 0 Å². The monoisotopic (exact) mass is 230 g/mol. The first-order chi connectivity index (χ1) is 5.68. The molecule has 1 aromatic rings. The van der Waals surface area contributed by atoms with Crippen LogP contribution in [0.5, 0.6) is 0 Å². The minimum Gasteiger partial charge on any atom is -0.387 e. The Morgan fingerprint density at radius 2 is 2.25 bits per heavy atom. The summed E-state index contributed by atoms with van der Waals surface area (Å²) in [5, 5.41) is 9.57. The van der Waals surface area contributed by atoms with Gasteiger partial charge in [-0.15, -0.1) is 0 Å². The molecule has 3 heteroatoms. The smallest absolute Gasteiger partial charge is 0.123 e. The minimum atomic E-state index is -0.486. The van der Waals surface area contributed by atoms with E-state index in [1.807, 2.05) is 0 Å². The van der Waals surface area contributed by atoms with Gasteiger partial charge in [0.15, 0.2) is 0 Å². The van der Waals surface area contributed by atoms with Crippen LogP contribution in [0.2, 0.25) is 0 Å². The van der Waals surface area contributed by atoms with E-state index in [1.165, 1.54) is 12.1 Å². The van der Waals surface area contributed by atoms with Gasteiger partial charge in [0.25, 0.3) is 0 Å². The second-order valence-corrected chi connectivity index (χ2v) is 4.18. The molecule has 0 aromatic heterocycles. The van der Waals surface area contributed by atoms with Crippen LogP contribution in [0.15, 0.2) is 18.2 Å². The van der Waals surface area contributed by atoms with Gasteiger partial charge in [-0.2, -0.15) is 0 Å². The molecule has 0 amide bonds. The fourth-order valence-electron chi connectivity index (χ4n) is 1.56. The van der Waals surface area contributed by atoms with Crippen molar-refractivity contribution in [3.63, 3.8) is 0 Å². The normalized spacial score (nSPS) is 27.2. The van der Waals surface area contributed by atoms with Crippen molar-refractivity contribution in [2.45, 2.75) is 17.4 Å². The second-order valence-electron chi connectivity index (χ2n) is 3.01. The molecule has 0 bridgehead atoms. The van der Waals surface area contributed by atoms with Crippen molar-refractivity contribution in [2.75, 3.05) is 0 Å². The number of aliphatic hydroxyl groups excluding tert-OH is 1. The molecule has 0 aliphatic heterocycles. The Bertz CT molecular complexity index is 313. The maximum atomic E-state index is 12.7. The van der Waals surface area contributed by atoms with Gasteiger partial charge in [-0.25, -0.2) is 4.39 Å². The Labute approximate surface area is 78.3 Å². The molecule has 2 atom stereocenters. The van der Waals surface area contributed by atoms with Gasteiger partial charge in [0.1, 0.15) is 5.82 Å². The van der Waals surface area contributed by atoms with Gasteiger partial charge >= 0.3 is 0 Å². The van der Waals surface area contributed by atoms with Gasteiger partial charge in [0.05, 0.1) is 6.10 Å². The van der Waals surface area contributed by atoms with Crippen LogP contribution in [0.4, 0.5) is 4.39 Å². The molecule has 1 aliphatic carbocycles. The predicted molar refractivity (Wildman–Crippen MR) is 47.8 cm³/mol. The zero-order chi connectivity index (χ0) is 8.72. The number of aliphatic hydroxyl groups is 1. The molecule has 0 heterocycles. The number of rotatable bonds is 0. The summed E-state index contributed by atoms with van der Waals surface area (Å²) in [6.45, 7) is 0. The van der Waals surface area contributed by atoms with E-state index >= 15 is 0 Å². The summed E-state index contributed by atoms with van der Waals surface area (Å²) in [6.07, 6.45) is 0.217. The topological polar surface area (TPSA) is 20.2 Å². The number of fused-ring (bicyclic) bond motifs is 1. The minimum absolute atomic E-state index is 0.0364. The highest BCUT2D eigenvalue weighted by atomic mass is 79.9. The van der Waals surface area contributed by atoms with Crippen LogP contribution in [-0.4, -0.2) is 9.93 Å². The summed E-state index contributed by atoms with van der Waals surface area (Å²) in [5.74, 6) is -0.234. The van der Waals surface area contributed by atoms with Crippen LogP contribution < -0.4 is 0 Å². The Hall–Kier alpha value is -0.410. The highest BCUT2D eigenvalue weighted by Gasteiger charge is 2.28. The number of alkyl halides is 1. The molecule has 0 spiro atoms. The molecule has 0 saturated carbocycles. The fourth-order valence-corrected chi connectivity index (χ4v) is 2.19. The summed E-state index contributed by atoms with van der Waals surface area (Å²) in [7, 11) is 0. The van der Waals surface area contributed by atoms with E-state index in [1.54, 1.807) is 6.07 Å². The lowest BCUT2D eigenvalue weighted by Gasteiger charge is -2.05. The molecular weight excluding hydrogens is 223 g/mol. The summed E-state index contributed by atoms with van der Waals surface area (Å²) in [6, 6.07) is 4.52. The number of halogens is 2. The molecule has 0 radical (unpaired) electrons. The first-order valence-corrected chi connectivity index (χ1v) is 4.70. The highest BCUT2D eigenvalue weighted by molar-refractivity contribution is 9.09. The molecule has 1 N–H and O–H groups in total. The van der Waals surface area contributed by atoms with Crippen molar-refractivity contribution < 1.29 is 9.50 Å². The van der Waals surface area contributed by atoms with Crippen molar-refractivity contribution in [1.82, 2.24) is 0 Å². The second kappa shape index (κ2) is 2.82. The first kappa shape index (κ1) is 8.20. The average molecular weight is 231 g/mol. The third kappa shape index (κ3) is 1.17. The van der Waals surface area contributed by atoms with E-state index < -0.39 is 6.10 Å². The molecule has 1 nitrogen and oxygen atoms in total. The lowest BCUT2D eigenvalue weighted by atomic mass is 10.1. The summed E-state index contributed by atoms with van der Waals surface area (Å²) < 4.78 is 12.7. The maximum Gasteiger partial charge on any atom is 0.123 e. The van der Waals surface area contributed by atoms with E-state index in [9.17, 15) is 9.50 Å². The zero-order valence-electron chi connectivity index (χ0n) is 6.30. The van der Waals surface area contributed by atoms with Crippen LogP contribution in [0.25, 0.3) is 0 Å². The van der Waals surface area contributed by atoms with Crippen molar-refractivity contribution >= 4 is 15.9 Å². The zero-order valence-corrected chi connectivity index (χ0v) is 7.88. The van der Waals surface area contributed by atoms with Crippen molar-refractivity contribution in [1.29, 1.82) is 0 Å². The maximum absolute atomic E-state index is 12.7. The molecule has 1 aromatic carbocycles. The third-order valence-electron chi connectivity index (χ3n) is 2.18. The van der Waals surface area contributed by atoms with Crippen molar-refractivity contribution in [3.05, 3.63) is 35.1 Å². The molecule has 1 aliphatic rings.